The summed E-state index contributed by atoms with van der Waals surface area (Å²) in [4.78, 5) is 15.2. The highest BCUT2D eigenvalue weighted by atomic mass is 35.5. The van der Waals surface area contributed by atoms with Crippen LogP contribution in [0.2, 0.25) is 5.02 Å². The molecule has 24 heavy (non-hydrogen) atoms. The van der Waals surface area contributed by atoms with E-state index in [4.69, 9.17) is 16.3 Å². The lowest BCUT2D eigenvalue weighted by molar-refractivity contribution is -0.147. The first-order valence-electron chi connectivity index (χ1n) is 8.98. The SMILES string of the molecule is C[C@@H]1CO[C@@H](c2ccccc2Cl)CN1C(=O)[C@@H]1CC12CCNCC2. The van der Waals surface area contributed by atoms with Crippen molar-refractivity contribution >= 4 is 17.5 Å². The third-order valence-electron chi connectivity index (χ3n) is 6.06. The Morgan fingerprint density at radius 3 is 2.83 bits per heavy atom. The molecule has 1 aromatic carbocycles. The fourth-order valence-corrected chi connectivity index (χ4v) is 4.62. The Balaban J connectivity index is 1.48. The average molecular weight is 349 g/mol. The van der Waals surface area contributed by atoms with Gasteiger partial charge in [0, 0.05) is 16.5 Å². The van der Waals surface area contributed by atoms with Crippen molar-refractivity contribution in [3.8, 4) is 0 Å². The maximum Gasteiger partial charge on any atom is 0.226 e. The molecule has 1 saturated carbocycles. The smallest absolute Gasteiger partial charge is 0.226 e. The molecule has 1 aromatic rings. The molecule has 2 saturated heterocycles. The first-order chi connectivity index (χ1) is 11.6. The van der Waals surface area contributed by atoms with Crippen LogP contribution in [-0.4, -0.2) is 43.1 Å². The maximum atomic E-state index is 13.1. The van der Waals surface area contributed by atoms with Crippen LogP contribution in [0.1, 0.15) is 37.9 Å². The predicted octanol–water partition coefficient (Wildman–Crippen LogP) is 3.02. The lowest BCUT2D eigenvalue weighted by Crippen LogP contribution is -2.49. The molecule has 3 atom stereocenters. The Bertz CT molecular complexity index is 630. The fourth-order valence-electron chi connectivity index (χ4n) is 4.36. The Morgan fingerprint density at radius 2 is 2.08 bits per heavy atom. The van der Waals surface area contributed by atoms with Gasteiger partial charge in [-0.15, -0.1) is 0 Å². The quantitative estimate of drug-likeness (QED) is 0.893. The van der Waals surface area contributed by atoms with E-state index in [0.29, 0.717) is 24.1 Å². The normalized spacial score (nSPS) is 31.9. The molecule has 1 spiro atoms. The molecule has 2 aliphatic heterocycles. The largest absolute Gasteiger partial charge is 0.369 e. The summed E-state index contributed by atoms with van der Waals surface area (Å²) in [7, 11) is 0. The van der Waals surface area contributed by atoms with Crippen LogP contribution >= 0.6 is 11.6 Å². The standard InChI is InChI=1S/C19H25ClN2O2/c1-13-12-24-17(14-4-2-3-5-16(14)20)11-22(13)18(23)15-10-19(15)6-8-21-9-7-19/h2-5,13,15,17,21H,6-12H2,1H3/t13-,15+,17-/m1/s1. The number of halogens is 1. The number of amides is 1. The predicted molar refractivity (Wildman–Crippen MR) is 94.0 cm³/mol. The molecule has 0 unspecified atom stereocenters. The van der Waals surface area contributed by atoms with E-state index in [-0.39, 0.29) is 23.5 Å². The molecule has 3 aliphatic rings. The number of hydrogen-bond acceptors (Lipinski definition) is 3. The van der Waals surface area contributed by atoms with Crippen LogP contribution in [-0.2, 0) is 9.53 Å². The zero-order chi connectivity index (χ0) is 16.7. The second kappa shape index (κ2) is 6.32. The van der Waals surface area contributed by atoms with Crippen molar-refractivity contribution in [2.45, 2.75) is 38.3 Å². The van der Waals surface area contributed by atoms with Gasteiger partial charge in [-0.05, 0) is 50.8 Å². The van der Waals surface area contributed by atoms with Crippen LogP contribution in [0.25, 0.3) is 0 Å². The summed E-state index contributed by atoms with van der Waals surface area (Å²) in [5.41, 5.74) is 1.26. The van der Waals surface area contributed by atoms with Crippen molar-refractivity contribution in [3.05, 3.63) is 34.9 Å². The van der Waals surface area contributed by atoms with Gasteiger partial charge in [0.05, 0.1) is 19.2 Å². The summed E-state index contributed by atoms with van der Waals surface area (Å²) in [5, 5.41) is 4.12. The van der Waals surface area contributed by atoms with Gasteiger partial charge in [0.1, 0.15) is 6.10 Å². The van der Waals surface area contributed by atoms with Crippen LogP contribution in [0.3, 0.4) is 0 Å². The van der Waals surface area contributed by atoms with Crippen LogP contribution < -0.4 is 5.32 Å². The first kappa shape index (κ1) is 16.4. The van der Waals surface area contributed by atoms with E-state index in [0.717, 1.165) is 37.9 Å². The number of rotatable bonds is 2. The van der Waals surface area contributed by atoms with E-state index in [2.05, 4.69) is 12.2 Å². The molecule has 0 radical (unpaired) electrons. The van der Waals surface area contributed by atoms with Gasteiger partial charge in [0.15, 0.2) is 0 Å². The van der Waals surface area contributed by atoms with Crippen LogP contribution in [0.4, 0.5) is 0 Å². The highest BCUT2D eigenvalue weighted by Crippen LogP contribution is 2.59. The third-order valence-corrected chi connectivity index (χ3v) is 6.40. The summed E-state index contributed by atoms with van der Waals surface area (Å²) in [6, 6.07) is 7.91. The molecular weight excluding hydrogens is 324 g/mol. The number of carbonyl (C=O) groups is 1. The maximum absolute atomic E-state index is 13.1. The van der Waals surface area contributed by atoms with E-state index in [9.17, 15) is 4.79 Å². The van der Waals surface area contributed by atoms with Gasteiger partial charge in [0.25, 0.3) is 0 Å². The van der Waals surface area contributed by atoms with E-state index < -0.39 is 0 Å². The van der Waals surface area contributed by atoms with Crippen LogP contribution in [0.5, 0.6) is 0 Å². The van der Waals surface area contributed by atoms with Gasteiger partial charge < -0.3 is 15.0 Å². The monoisotopic (exact) mass is 348 g/mol. The minimum atomic E-state index is -0.124. The van der Waals surface area contributed by atoms with Crippen LogP contribution in [0.15, 0.2) is 24.3 Å². The number of piperidine rings is 1. The molecule has 130 valence electrons. The van der Waals surface area contributed by atoms with E-state index in [1.54, 1.807) is 0 Å². The molecular formula is C19H25ClN2O2. The lowest BCUT2D eigenvalue weighted by atomic mass is 9.91. The van der Waals surface area contributed by atoms with Gasteiger partial charge in [-0.25, -0.2) is 0 Å². The number of ether oxygens (including phenoxy) is 1. The van der Waals surface area contributed by atoms with E-state index in [1.165, 1.54) is 0 Å². The number of carbonyl (C=O) groups excluding carboxylic acids is 1. The van der Waals surface area contributed by atoms with Crippen molar-refractivity contribution < 1.29 is 9.53 Å². The molecule has 3 fully saturated rings. The molecule has 4 nitrogen and oxygen atoms in total. The summed E-state index contributed by atoms with van der Waals surface area (Å²) in [6.45, 7) is 5.35. The first-order valence-corrected chi connectivity index (χ1v) is 9.36. The van der Waals surface area contributed by atoms with Crippen molar-refractivity contribution in [2.24, 2.45) is 11.3 Å². The number of hydrogen-bond donors (Lipinski definition) is 1. The number of nitrogens with one attached hydrogen (secondary N) is 1. The molecule has 5 heteroatoms. The Hall–Kier alpha value is -1.10. The van der Waals surface area contributed by atoms with Gasteiger partial charge in [-0.1, -0.05) is 29.8 Å². The summed E-state index contributed by atoms with van der Waals surface area (Å²) >= 11 is 6.32. The van der Waals surface area contributed by atoms with Crippen molar-refractivity contribution in [1.82, 2.24) is 10.2 Å². The summed E-state index contributed by atoms with van der Waals surface area (Å²) in [5.74, 6) is 0.539. The highest BCUT2D eigenvalue weighted by Gasteiger charge is 2.59. The second-order valence-corrected chi connectivity index (χ2v) is 7.96. The van der Waals surface area contributed by atoms with Gasteiger partial charge in [0.2, 0.25) is 5.91 Å². The molecule has 4 rings (SSSR count). The Labute approximate surface area is 148 Å². The molecule has 1 amide bonds. The van der Waals surface area contributed by atoms with Gasteiger partial charge in [-0.3, -0.25) is 4.79 Å². The minimum absolute atomic E-state index is 0.124. The third kappa shape index (κ3) is 2.85. The van der Waals surface area contributed by atoms with E-state index >= 15 is 0 Å². The van der Waals surface area contributed by atoms with Gasteiger partial charge >= 0.3 is 0 Å². The number of benzene rings is 1. The summed E-state index contributed by atoms with van der Waals surface area (Å²) in [6.07, 6.45) is 3.21. The van der Waals surface area contributed by atoms with Crippen LogP contribution in [0, 0.1) is 11.3 Å². The van der Waals surface area contributed by atoms with Crippen molar-refractivity contribution in [3.63, 3.8) is 0 Å². The highest BCUT2D eigenvalue weighted by molar-refractivity contribution is 6.31. The molecule has 1 aliphatic carbocycles. The number of morpholine rings is 1. The Kier molecular flexibility index (Phi) is 4.31. The molecule has 0 aromatic heterocycles. The molecule has 0 bridgehead atoms. The van der Waals surface area contributed by atoms with Crippen molar-refractivity contribution in [2.75, 3.05) is 26.2 Å². The molecule has 2 heterocycles. The molecule has 1 N–H and O–H groups in total. The lowest BCUT2D eigenvalue weighted by Gasteiger charge is -2.39. The average Bonchev–Trinajstić information content (AvgIpc) is 3.29. The van der Waals surface area contributed by atoms with Gasteiger partial charge in [-0.2, -0.15) is 0 Å². The van der Waals surface area contributed by atoms with Crippen molar-refractivity contribution in [1.29, 1.82) is 0 Å². The summed E-state index contributed by atoms with van der Waals surface area (Å²) < 4.78 is 5.99. The zero-order valence-corrected chi connectivity index (χ0v) is 14.9. The minimum Gasteiger partial charge on any atom is -0.369 e. The number of nitrogens with zero attached hydrogens (tertiary/aromatic N) is 1. The topological polar surface area (TPSA) is 41.6 Å². The fraction of sp³-hybridized carbons (Fsp3) is 0.632. The second-order valence-electron chi connectivity index (χ2n) is 7.55. The Morgan fingerprint density at radius 1 is 1.33 bits per heavy atom. The van der Waals surface area contributed by atoms with E-state index in [1.807, 2.05) is 29.2 Å². The zero-order valence-electron chi connectivity index (χ0n) is 14.1.